The average molecular weight is 299 g/mol. The first-order chi connectivity index (χ1) is 8.96. The van der Waals surface area contributed by atoms with E-state index < -0.39 is 10.0 Å². The van der Waals surface area contributed by atoms with Gasteiger partial charge in [-0.25, -0.2) is 12.7 Å². The molecule has 0 atom stereocenters. The van der Waals surface area contributed by atoms with Crippen molar-refractivity contribution < 1.29 is 8.42 Å². The monoisotopic (exact) mass is 299 g/mol. The molecule has 2 aromatic rings. The number of hydrogen-bond acceptors (Lipinski definition) is 4. The Hall–Kier alpha value is -1.18. The number of aromatic amines is 1. The topological polar surface area (TPSA) is 79.2 Å². The van der Waals surface area contributed by atoms with Crippen LogP contribution in [0.25, 0.3) is 10.9 Å². The zero-order chi connectivity index (χ0) is 14.0. The average Bonchev–Trinajstić information content (AvgIpc) is 2.79. The Morgan fingerprint density at radius 3 is 2.84 bits per heavy atom. The smallest absolute Gasteiger partial charge is 0.244 e. The maximum Gasteiger partial charge on any atom is 0.244 e. The molecular weight excluding hydrogens is 282 g/mol. The van der Waals surface area contributed by atoms with Crippen molar-refractivity contribution in [1.29, 1.82) is 0 Å². The second-order valence-electron chi connectivity index (χ2n) is 4.28. The molecular formula is C12H17N3O2S2. The highest BCUT2D eigenvalue weighted by Gasteiger charge is 2.23. The number of nitrogens with two attached hydrogens (primary N) is 1. The number of thioether (sulfide) groups is 1. The van der Waals surface area contributed by atoms with Crippen LogP contribution < -0.4 is 5.73 Å². The summed E-state index contributed by atoms with van der Waals surface area (Å²) in [6.45, 7) is 0.485. The summed E-state index contributed by atoms with van der Waals surface area (Å²) in [5.41, 5.74) is 7.05. The third-order valence-electron chi connectivity index (χ3n) is 2.97. The summed E-state index contributed by atoms with van der Waals surface area (Å²) in [6.07, 6.45) is 3.47. The normalized spacial score (nSPS) is 12.4. The summed E-state index contributed by atoms with van der Waals surface area (Å²) in [6, 6.07) is 5.21. The summed E-state index contributed by atoms with van der Waals surface area (Å²) in [4.78, 5) is 3.24. The van der Waals surface area contributed by atoms with Crippen LogP contribution in [0.15, 0.2) is 29.3 Å². The minimum atomic E-state index is -3.48. The zero-order valence-electron chi connectivity index (χ0n) is 10.9. The van der Waals surface area contributed by atoms with Gasteiger partial charge in [-0.15, -0.1) is 0 Å². The molecule has 0 bridgehead atoms. The Kier molecular flexibility index (Phi) is 4.07. The summed E-state index contributed by atoms with van der Waals surface area (Å²) >= 11 is 1.62. The van der Waals surface area contributed by atoms with Crippen molar-refractivity contribution in [3.05, 3.63) is 24.4 Å². The number of hydrogen-bond donors (Lipinski definition) is 2. The molecule has 3 N–H and O–H groups in total. The Labute approximate surface area is 117 Å². The molecule has 0 radical (unpaired) electrons. The van der Waals surface area contributed by atoms with Crippen LogP contribution in [-0.4, -0.2) is 43.3 Å². The first kappa shape index (κ1) is 14.2. The van der Waals surface area contributed by atoms with E-state index in [0.717, 1.165) is 11.3 Å². The Bertz CT molecular complexity index is 679. The molecule has 1 aromatic heterocycles. The van der Waals surface area contributed by atoms with Crippen LogP contribution in [0.4, 0.5) is 5.69 Å². The van der Waals surface area contributed by atoms with Crippen molar-refractivity contribution in [1.82, 2.24) is 9.29 Å². The van der Waals surface area contributed by atoms with Crippen LogP contribution in [0.3, 0.4) is 0 Å². The summed E-state index contributed by atoms with van der Waals surface area (Å²) in [7, 11) is -1.88. The van der Waals surface area contributed by atoms with Gasteiger partial charge in [0.1, 0.15) is 4.90 Å². The molecule has 0 spiro atoms. The molecule has 0 aliphatic carbocycles. The lowest BCUT2D eigenvalue weighted by Gasteiger charge is -2.15. The predicted octanol–water partition coefficient (Wildman–Crippen LogP) is 1.73. The molecule has 0 aliphatic rings. The van der Waals surface area contributed by atoms with Gasteiger partial charge in [0, 0.05) is 42.1 Å². The highest BCUT2D eigenvalue weighted by molar-refractivity contribution is 7.98. The van der Waals surface area contributed by atoms with E-state index in [1.165, 1.54) is 10.5 Å². The van der Waals surface area contributed by atoms with Gasteiger partial charge in [0.05, 0.1) is 0 Å². The molecule has 0 unspecified atom stereocenters. The van der Waals surface area contributed by atoms with Crippen molar-refractivity contribution in [2.24, 2.45) is 0 Å². The highest BCUT2D eigenvalue weighted by atomic mass is 32.2. The van der Waals surface area contributed by atoms with Gasteiger partial charge >= 0.3 is 0 Å². The van der Waals surface area contributed by atoms with Gasteiger partial charge in [-0.1, -0.05) is 0 Å². The first-order valence-electron chi connectivity index (χ1n) is 5.78. The zero-order valence-corrected chi connectivity index (χ0v) is 12.5. The summed E-state index contributed by atoms with van der Waals surface area (Å²) in [5.74, 6) is 0.764. The largest absolute Gasteiger partial charge is 0.399 e. The van der Waals surface area contributed by atoms with E-state index in [9.17, 15) is 8.42 Å². The number of nitrogens with one attached hydrogen (secondary N) is 1. The molecule has 0 fully saturated rings. The van der Waals surface area contributed by atoms with Crippen molar-refractivity contribution in [2.75, 3.05) is 31.3 Å². The minimum absolute atomic E-state index is 0.276. The van der Waals surface area contributed by atoms with Gasteiger partial charge in [-0.2, -0.15) is 11.8 Å². The quantitative estimate of drug-likeness (QED) is 0.824. The van der Waals surface area contributed by atoms with Gasteiger partial charge in [0.25, 0.3) is 0 Å². The molecule has 19 heavy (non-hydrogen) atoms. The van der Waals surface area contributed by atoms with Crippen LogP contribution in [-0.2, 0) is 10.0 Å². The van der Waals surface area contributed by atoms with Gasteiger partial charge in [-0.3, -0.25) is 0 Å². The minimum Gasteiger partial charge on any atom is -0.399 e. The molecule has 0 saturated carbocycles. The molecule has 0 aliphatic heterocycles. The Morgan fingerprint density at radius 2 is 2.16 bits per heavy atom. The first-order valence-corrected chi connectivity index (χ1v) is 8.62. The van der Waals surface area contributed by atoms with Crippen LogP contribution in [0.2, 0.25) is 0 Å². The van der Waals surface area contributed by atoms with E-state index in [0.29, 0.717) is 17.6 Å². The van der Waals surface area contributed by atoms with Crippen LogP contribution in [0.1, 0.15) is 0 Å². The lowest BCUT2D eigenvalue weighted by Crippen LogP contribution is -2.28. The van der Waals surface area contributed by atoms with Crippen LogP contribution in [0, 0.1) is 0 Å². The van der Waals surface area contributed by atoms with E-state index in [-0.39, 0.29) is 4.90 Å². The number of aromatic nitrogens is 1. The number of sulfonamides is 1. The molecule has 0 amide bonds. The number of benzene rings is 1. The van der Waals surface area contributed by atoms with Gasteiger partial charge in [0.15, 0.2) is 0 Å². The molecule has 5 nitrogen and oxygen atoms in total. The predicted molar refractivity (Wildman–Crippen MR) is 80.9 cm³/mol. The van der Waals surface area contributed by atoms with Gasteiger partial charge in [0.2, 0.25) is 10.0 Å². The molecule has 7 heteroatoms. The number of nitrogens with zero attached hydrogens (tertiary/aromatic N) is 1. The van der Waals surface area contributed by atoms with E-state index in [4.69, 9.17) is 5.73 Å². The van der Waals surface area contributed by atoms with Crippen molar-refractivity contribution in [3.63, 3.8) is 0 Å². The maximum absolute atomic E-state index is 12.5. The molecule has 2 rings (SSSR count). The SMILES string of the molecule is CSCCN(C)S(=O)(=O)c1c[nH]c2ccc(N)cc12. The maximum atomic E-state index is 12.5. The summed E-state index contributed by atoms with van der Waals surface area (Å²) < 4.78 is 26.3. The van der Waals surface area contributed by atoms with Crippen molar-refractivity contribution in [3.8, 4) is 0 Å². The number of anilines is 1. The second kappa shape index (κ2) is 5.44. The molecule has 1 heterocycles. The molecule has 104 valence electrons. The standard InChI is InChI=1S/C12H17N3O2S2/c1-15(5-6-18-2)19(16,17)12-8-14-11-4-3-9(13)7-10(11)12/h3-4,7-8,14H,5-6,13H2,1-2H3. The van der Waals surface area contributed by atoms with Crippen LogP contribution >= 0.6 is 11.8 Å². The lowest BCUT2D eigenvalue weighted by atomic mass is 10.2. The van der Waals surface area contributed by atoms with Crippen molar-refractivity contribution in [2.45, 2.75) is 4.90 Å². The Morgan fingerprint density at radius 1 is 1.42 bits per heavy atom. The van der Waals surface area contributed by atoms with Crippen LogP contribution in [0.5, 0.6) is 0 Å². The molecule has 0 saturated heterocycles. The highest BCUT2D eigenvalue weighted by Crippen LogP contribution is 2.26. The fraction of sp³-hybridized carbons (Fsp3) is 0.333. The number of rotatable bonds is 5. The van der Waals surface area contributed by atoms with E-state index >= 15 is 0 Å². The summed E-state index contributed by atoms with van der Waals surface area (Å²) in [5, 5.41) is 0.635. The Balaban J connectivity index is 2.45. The third kappa shape index (κ3) is 2.72. The van der Waals surface area contributed by atoms with E-state index in [1.54, 1.807) is 37.0 Å². The van der Waals surface area contributed by atoms with E-state index in [1.807, 2.05) is 6.26 Å². The van der Waals surface area contributed by atoms with Gasteiger partial charge in [-0.05, 0) is 24.5 Å². The van der Waals surface area contributed by atoms with Crippen molar-refractivity contribution >= 4 is 38.4 Å². The fourth-order valence-electron chi connectivity index (χ4n) is 1.83. The van der Waals surface area contributed by atoms with Gasteiger partial charge < -0.3 is 10.7 Å². The third-order valence-corrected chi connectivity index (χ3v) is 5.45. The number of fused-ring (bicyclic) bond motifs is 1. The second-order valence-corrected chi connectivity index (χ2v) is 7.28. The molecule has 1 aromatic carbocycles. The fourth-order valence-corrected chi connectivity index (χ4v) is 3.73. The number of nitrogen functional groups attached to an aromatic ring is 1. The number of H-pyrrole nitrogens is 1. The van der Waals surface area contributed by atoms with E-state index in [2.05, 4.69) is 4.98 Å². The lowest BCUT2D eigenvalue weighted by molar-refractivity contribution is 0.489.